The summed E-state index contributed by atoms with van der Waals surface area (Å²) in [5.41, 5.74) is 1.15. The van der Waals surface area contributed by atoms with Crippen LogP contribution in [0, 0.1) is 12.3 Å². The Labute approximate surface area is 95.8 Å². The Morgan fingerprint density at radius 1 is 1.25 bits per heavy atom. The number of benzene rings is 1. The third kappa shape index (κ3) is 2.68. The van der Waals surface area contributed by atoms with E-state index in [0.717, 1.165) is 36.6 Å². The first-order valence-electron chi connectivity index (χ1n) is 5.43. The van der Waals surface area contributed by atoms with Crippen molar-refractivity contribution >= 4 is 0 Å². The summed E-state index contributed by atoms with van der Waals surface area (Å²) in [4.78, 5) is 0. The fourth-order valence-corrected chi connectivity index (χ4v) is 1.60. The van der Waals surface area contributed by atoms with Crippen LogP contribution in [-0.4, -0.2) is 19.8 Å². The lowest BCUT2D eigenvalue weighted by atomic mass is 10.2. The number of nitrogens with one attached hydrogen (secondary N) is 1. The molecule has 3 heteroatoms. The molecule has 0 aliphatic carbocycles. The van der Waals surface area contributed by atoms with Gasteiger partial charge in [0.25, 0.3) is 0 Å². The number of fused-ring (bicyclic) bond motifs is 1. The SMILES string of the molecule is C#CCNCc1ccc2c(c1)OCCCO2. The van der Waals surface area contributed by atoms with E-state index < -0.39 is 0 Å². The number of hydrogen-bond acceptors (Lipinski definition) is 3. The summed E-state index contributed by atoms with van der Waals surface area (Å²) >= 11 is 0. The number of terminal acetylenes is 1. The maximum absolute atomic E-state index is 5.60. The molecule has 2 rings (SSSR count). The molecular weight excluding hydrogens is 202 g/mol. The van der Waals surface area contributed by atoms with Gasteiger partial charge in [-0.15, -0.1) is 6.42 Å². The molecule has 84 valence electrons. The van der Waals surface area contributed by atoms with E-state index in [2.05, 4.69) is 11.2 Å². The third-order valence-electron chi connectivity index (χ3n) is 2.37. The van der Waals surface area contributed by atoms with Gasteiger partial charge in [0, 0.05) is 13.0 Å². The highest BCUT2D eigenvalue weighted by atomic mass is 16.5. The van der Waals surface area contributed by atoms with Crippen LogP contribution in [0.15, 0.2) is 18.2 Å². The van der Waals surface area contributed by atoms with Crippen LogP contribution in [0.1, 0.15) is 12.0 Å². The molecule has 0 aromatic heterocycles. The van der Waals surface area contributed by atoms with Crippen molar-refractivity contribution in [1.82, 2.24) is 5.32 Å². The van der Waals surface area contributed by atoms with Gasteiger partial charge in [-0.25, -0.2) is 0 Å². The quantitative estimate of drug-likeness (QED) is 0.616. The Bertz CT molecular complexity index is 395. The second kappa shape index (κ2) is 5.43. The van der Waals surface area contributed by atoms with Gasteiger partial charge in [-0.05, 0) is 17.7 Å². The molecule has 0 saturated heterocycles. The molecule has 1 N–H and O–H groups in total. The third-order valence-corrected chi connectivity index (χ3v) is 2.37. The molecule has 0 saturated carbocycles. The summed E-state index contributed by atoms with van der Waals surface area (Å²) in [7, 11) is 0. The molecule has 1 aromatic rings. The lowest BCUT2D eigenvalue weighted by Gasteiger charge is -2.09. The van der Waals surface area contributed by atoms with Gasteiger partial charge in [-0.1, -0.05) is 12.0 Å². The van der Waals surface area contributed by atoms with E-state index in [0.29, 0.717) is 13.2 Å². The maximum Gasteiger partial charge on any atom is 0.161 e. The van der Waals surface area contributed by atoms with Crippen LogP contribution in [0.5, 0.6) is 11.5 Å². The molecule has 1 aliphatic rings. The lowest BCUT2D eigenvalue weighted by Crippen LogP contribution is -2.12. The second-order valence-electron chi connectivity index (χ2n) is 3.64. The van der Waals surface area contributed by atoms with Gasteiger partial charge in [0.05, 0.1) is 19.8 Å². The van der Waals surface area contributed by atoms with Crippen molar-refractivity contribution in [2.75, 3.05) is 19.8 Å². The summed E-state index contributed by atoms with van der Waals surface area (Å²) in [6, 6.07) is 5.98. The van der Waals surface area contributed by atoms with E-state index in [1.807, 2.05) is 18.2 Å². The molecule has 0 fully saturated rings. The zero-order chi connectivity index (χ0) is 11.2. The van der Waals surface area contributed by atoms with Crippen molar-refractivity contribution in [3.05, 3.63) is 23.8 Å². The zero-order valence-electron chi connectivity index (χ0n) is 9.16. The second-order valence-corrected chi connectivity index (χ2v) is 3.64. The normalized spacial score (nSPS) is 13.9. The van der Waals surface area contributed by atoms with E-state index in [-0.39, 0.29) is 0 Å². The first-order chi connectivity index (χ1) is 7.90. The summed E-state index contributed by atoms with van der Waals surface area (Å²) in [5, 5.41) is 3.14. The van der Waals surface area contributed by atoms with Crippen LogP contribution in [-0.2, 0) is 6.54 Å². The molecular formula is C13H15NO2. The first-order valence-corrected chi connectivity index (χ1v) is 5.43. The molecule has 0 radical (unpaired) electrons. The van der Waals surface area contributed by atoms with Crippen LogP contribution in [0.25, 0.3) is 0 Å². The minimum atomic E-state index is 0.578. The molecule has 16 heavy (non-hydrogen) atoms. The molecule has 1 aromatic carbocycles. The van der Waals surface area contributed by atoms with Crippen molar-refractivity contribution in [2.24, 2.45) is 0 Å². The lowest BCUT2D eigenvalue weighted by molar-refractivity contribution is 0.297. The Balaban J connectivity index is 2.06. The average molecular weight is 217 g/mol. The molecule has 0 bridgehead atoms. The fraction of sp³-hybridized carbons (Fsp3) is 0.385. The van der Waals surface area contributed by atoms with Crippen LogP contribution < -0.4 is 14.8 Å². The molecule has 3 nitrogen and oxygen atoms in total. The Kier molecular flexibility index (Phi) is 3.68. The standard InChI is InChI=1S/C13H15NO2/c1-2-6-14-10-11-4-5-12-13(9-11)16-8-3-7-15-12/h1,4-5,9,14H,3,6-8,10H2. The van der Waals surface area contributed by atoms with Crippen molar-refractivity contribution in [1.29, 1.82) is 0 Å². The molecule has 1 aliphatic heterocycles. The topological polar surface area (TPSA) is 30.5 Å². The average Bonchev–Trinajstić information content (AvgIpc) is 2.54. The molecule has 0 unspecified atom stereocenters. The van der Waals surface area contributed by atoms with Gasteiger partial charge >= 0.3 is 0 Å². The first kappa shape index (κ1) is 10.8. The highest BCUT2D eigenvalue weighted by molar-refractivity contribution is 5.43. The van der Waals surface area contributed by atoms with Crippen molar-refractivity contribution in [2.45, 2.75) is 13.0 Å². The maximum atomic E-state index is 5.60. The molecule has 1 heterocycles. The van der Waals surface area contributed by atoms with Crippen molar-refractivity contribution in [3.63, 3.8) is 0 Å². The Hall–Kier alpha value is -1.66. The van der Waals surface area contributed by atoms with Gasteiger partial charge < -0.3 is 14.8 Å². The van der Waals surface area contributed by atoms with Gasteiger partial charge in [0.1, 0.15) is 0 Å². The van der Waals surface area contributed by atoms with Gasteiger partial charge in [-0.2, -0.15) is 0 Å². The summed E-state index contributed by atoms with van der Waals surface area (Å²) in [6.45, 7) is 2.77. The van der Waals surface area contributed by atoms with Gasteiger partial charge in [0.2, 0.25) is 0 Å². The monoisotopic (exact) mass is 217 g/mol. The minimum absolute atomic E-state index is 0.578. The molecule has 0 spiro atoms. The molecule has 0 atom stereocenters. The summed E-state index contributed by atoms with van der Waals surface area (Å²) < 4.78 is 11.2. The number of rotatable bonds is 3. The highest BCUT2D eigenvalue weighted by Gasteiger charge is 2.10. The van der Waals surface area contributed by atoms with Gasteiger partial charge in [0.15, 0.2) is 11.5 Å². The fourth-order valence-electron chi connectivity index (χ4n) is 1.60. The van der Waals surface area contributed by atoms with Crippen molar-refractivity contribution in [3.8, 4) is 23.8 Å². The van der Waals surface area contributed by atoms with Crippen LogP contribution >= 0.6 is 0 Å². The van der Waals surface area contributed by atoms with E-state index in [4.69, 9.17) is 15.9 Å². The van der Waals surface area contributed by atoms with Crippen molar-refractivity contribution < 1.29 is 9.47 Å². The number of hydrogen-bond donors (Lipinski definition) is 1. The summed E-state index contributed by atoms with van der Waals surface area (Å²) in [6.07, 6.45) is 6.10. The predicted molar refractivity (Wildman–Crippen MR) is 62.6 cm³/mol. The van der Waals surface area contributed by atoms with E-state index in [9.17, 15) is 0 Å². The van der Waals surface area contributed by atoms with Crippen LogP contribution in [0.3, 0.4) is 0 Å². The number of ether oxygens (including phenoxy) is 2. The van der Waals surface area contributed by atoms with E-state index in [1.54, 1.807) is 0 Å². The highest BCUT2D eigenvalue weighted by Crippen LogP contribution is 2.30. The smallest absolute Gasteiger partial charge is 0.161 e. The predicted octanol–water partition coefficient (Wildman–Crippen LogP) is 1.57. The minimum Gasteiger partial charge on any atom is -0.490 e. The van der Waals surface area contributed by atoms with Crippen LogP contribution in [0.2, 0.25) is 0 Å². The zero-order valence-corrected chi connectivity index (χ0v) is 9.16. The van der Waals surface area contributed by atoms with Gasteiger partial charge in [-0.3, -0.25) is 0 Å². The Morgan fingerprint density at radius 3 is 2.88 bits per heavy atom. The Morgan fingerprint density at radius 2 is 2.06 bits per heavy atom. The van der Waals surface area contributed by atoms with Crippen LogP contribution in [0.4, 0.5) is 0 Å². The molecule has 0 amide bonds. The largest absolute Gasteiger partial charge is 0.490 e. The van der Waals surface area contributed by atoms with E-state index in [1.165, 1.54) is 0 Å². The summed E-state index contributed by atoms with van der Waals surface area (Å²) in [5.74, 6) is 4.21. The van der Waals surface area contributed by atoms with E-state index >= 15 is 0 Å².